The van der Waals surface area contributed by atoms with Gasteiger partial charge in [-0.2, -0.15) is 0 Å². The van der Waals surface area contributed by atoms with E-state index in [4.69, 9.17) is 0 Å². The number of allylic oxidation sites excluding steroid dienone is 2. The Morgan fingerprint density at radius 2 is 0.852 bits per heavy atom. The third-order valence-corrected chi connectivity index (χ3v) is 14.3. The third-order valence-electron chi connectivity index (χ3n) is 14.3. The van der Waals surface area contributed by atoms with E-state index in [9.17, 15) is 0 Å². The van der Waals surface area contributed by atoms with Crippen molar-refractivity contribution in [3.8, 4) is 22.3 Å². The molecule has 8 aromatic carbocycles. The van der Waals surface area contributed by atoms with Crippen LogP contribution in [-0.4, -0.2) is 0 Å². The molecule has 2 aliphatic carbocycles. The molecule has 2 aliphatic rings. The van der Waals surface area contributed by atoms with E-state index in [1.54, 1.807) is 0 Å². The fraction of sp³-hybridized carbons (Fsp3) is 0.311. The summed E-state index contributed by atoms with van der Waals surface area (Å²) in [5.74, 6) is 0.698. The van der Waals surface area contributed by atoms with Crippen LogP contribution in [-0.2, 0) is 16.2 Å². The van der Waals surface area contributed by atoms with Crippen LogP contribution in [0.15, 0.2) is 121 Å². The zero-order chi connectivity index (χ0) is 43.1. The first kappa shape index (κ1) is 39.7. The SMILES string of the molecule is CC1C(C(C)(C)C)=Cc2ccc3cc(C(C)(C)C)cc4c3c2C1C(c1ccc(-c2ccc(-c3cc5cc(C(C)(C)C)cc6ccc7cc(C(C)(C)C)cc3c7c65)cc2)cc1)=C4. The Morgan fingerprint density at radius 3 is 1.43 bits per heavy atom. The molecule has 0 fully saturated rings. The van der Waals surface area contributed by atoms with Gasteiger partial charge in [0.25, 0.3) is 0 Å². The summed E-state index contributed by atoms with van der Waals surface area (Å²) < 4.78 is 0. The molecule has 0 saturated heterocycles. The van der Waals surface area contributed by atoms with Gasteiger partial charge in [0.15, 0.2) is 0 Å². The molecule has 8 aromatic rings. The molecular formula is C61H62. The Morgan fingerprint density at radius 1 is 0.377 bits per heavy atom. The summed E-state index contributed by atoms with van der Waals surface area (Å²) in [6, 6.07) is 45.4. The predicted molar refractivity (Wildman–Crippen MR) is 268 cm³/mol. The predicted octanol–water partition coefficient (Wildman–Crippen LogP) is 17.7. The van der Waals surface area contributed by atoms with Crippen LogP contribution in [0.3, 0.4) is 0 Å². The third kappa shape index (κ3) is 6.47. The Bertz CT molecular complexity index is 3130. The van der Waals surface area contributed by atoms with Crippen molar-refractivity contribution < 1.29 is 0 Å². The van der Waals surface area contributed by atoms with Gasteiger partial charge >= 0.3 is 0 Å². The second-order valence-corrected chi connectivity index (χ2v) is 22.8. The lowest BCUT2D eigenvalue weighted by Gasteiger charge is -2.42. The second kappa shape index (κ2) is 13.3. The molecule has 2 unspecified atom stereocenters. The van der Waals surface area contributed by atoms with Crippen molar-refractivity contribution in [2.24, 2.45) is 11.3 Å². The zero-order valence-corrected chi connectivity index (χ0v) is 38.8. The first-order valence-corrected chi connectivity index (χ1v) is 22.7. The van der Waals surface area contributed by atoms with Gasteiger partial charge in [0.2, 0.25) is 0 Å². The van der Waals surface area contributed by atoms with Crippen molar-refractivity contribution in [3.05, 3.63) is 160 Å². The molecule has 0 aromatic heterocycles. The van der Waals surface area contributed by atoms with E-state index in [1.165, 1.54) is 115 Å². The molecule has 0 bridgehead atoms. The highest BCUT2D eigenvalue weighted by molar-refractivity contribution is 6.26. The molecule has 0 nitrogen and oxygen atoms in total. The normalized spacial score (nSPS) is 17.1. The van der Waals surface area contributed by atoms with Crippen LogP contribution >= 0.6 is 0 Å². The highest BCUT2D eigenvalue weighted by Crippen LogP contribution is 2.56. The number of rotatable bonds is 3. The van der Waals surface area contributed by atoms with Crippen LogP contribution in [0.2, 0.25) is 0 Å². The summed E-state index contributed by atoms with van der Waals surface area (Å²) in [7, 11) is 0. The lowest BCUT2D eigenvalue weighted by molar-refractivity contribution is 0.422. The standard InChI is InChI=1S/C61H62/c1-35-52(61(11,12)13)33-43-25-23-41-27-47(59(5,6)7)30-45-32-50(53(35)57(43)55(41)45)39-20-16-37(17-21-39)36-14-18-38(19-15-36)49-31-44-29-46(58(2,3)4)26-40-22-24-42-28-48(60(8,9)10)34-51(49)56(42)54(40)44/h14-35,53H,1-13H3. The van der Waals surface area contributed by atoms with E-state index in [0.717, 1.165) is 0 Å². The first-order chi connectivity index (χ1) is 28.6. The van der Waals surface area contributed by atoms with E-state index < -0.39 is 0 Å². The van der Waals surface area contributed by atoms with Gasteiger partial charge in [-0.3, -0.25) is 0 Å². The van der Waals surface area contributed by atoms with Gasteiger partial charge in [0.05, 0.1) is 0 Å². The number of benzene rings is 8. The molecule has 0 amide bonds. The monoisotopic (exact) mass is 794 g/mol. The minimum atomic E-state index is 0.0415. The minimum Gasteiger partial charge on any atom is -0.0605 e. The van der Waals surface area contributed by atoms with E-state index in [2.05, 4.69) is 217 Å². The molecule has 306 valence electrons. The molecule has 10 rings (SSSR count). The number of hydrogen-bond donors (Lipinski definition) is 0. The van der Waals surface area contributed by atoms with Crippen molar-refractivity contribution in [1.82, 2.24) is 0 Å². The van der Waals surface area contributed by atoms with Gasteiger partial charge in [-0.05, 0) is 156 Å². The summed E-state index contributed by atoms with van der Waals surface area (Å²) in [5, 5.41) is 10.9. The lowest BCUT2D eigenvalue weighted by atomic mass is 9.62. The summed E-state index contributed by atoms with van der Waals surface area (Å²) in [6.45, 7) is 30.6. The fourth-order valence-corrected chi connectivity index (χ4v) is 10.8. The van der Waals surface area contributed by atoms with Crippen molar-refractivity contribution in [2.45, 2.75) is 112 Å². The van der Waals surface area contributed by atoms with Crippen LogP contribution in [0.1, 0.15) is 135 Å². The Labute approximate surface area is 364 Å². The average molecular weight is 795 g/mol. The maximum atomic E-state index is 2.54. The average Bonchev–Trinajstić information content (AvgIpc) is 3.20. The topological polar surface area (TPSA) is 0 Å². The molecule has 0 N–H and O–H groups in total. The highest BCUT2D eigenvalue weighted by Gasteiger charge is 2.39. The van der Waals surface area contributed by atoms with Crippen LogP contribution in [0.25, 0.3) is 83.1 Å². The Balaban J connectivity index is 1.07. The fourth-order valence-electron chi connectivity index (χ4n) is 10.8. The van der Waals surface area contributed by atoms with E-state index in [0.29, 0.717) is 11.8 Å². The highest BCUT2D eigenvalue weighted by atomic mass is 14.4. The van der Waals surface area contributed by atoms with Crippen LogP contribution in [0.5, 0.6) is 0 Å². The number of hydrogen-bond acceptors (Lipinski definition) is 0. The first-order valence-electron chi connectivity index (χ1n) is 22.7. The van der Waals surface area contributed by atoms with E-state index in [-0.39, 0.29) is 21.7 Å². The Hall–Kier alpha value is -5.46. The quantitative estimate of drug-likeness (QED) is 0.156. The van der Waals surface area contributed by atoms with Crippen LogP contribution < -0.4 is 0 Å². The van der Waals surface area contributed by atoms with E-state index >= 15 is 0 Å². The maximum absolute atomic E-state index is 2.54. The molecule has 0 radical (unpaired) electrons. The molecule has 0 heteroatoms. The minimum absolute atomic E-state index is 0.0415. The second-order valence-electron chi connectivity index (χ2n) is 22.8. The van der Waals surface area contributed by atoms with Crippen molar-refractivity contribution in [2.75, 3.05) is 0 Å². The van der Waals surface area contributed by atoms with Crippen molar-refractivity contribution in [3.63, 3.8) is 0 Å². The van der Waals surface area contributed by atoms with Gasteiger partial charge in [0.1, 0.15) is 0 Å². The molecule has 2 atom stereocenters. The van der Waals surface area contributed by atoms with E-state index in [1.807, 2.05) is 0 Å². The smallest absolute Gasteiger partial charge is 0.0171 e. The molecule has 0 spiro atoms. The van der Waals surface area contributed by atoms with Crippen molar-refractivity contribution >= 4 is 60.8 Å². The van der Waals surface area contributed by atoms with Crippen LogP contribution in [0.4, 0.5) is 0 Å². The largest absolute Gasteiger partial charge is 0.0605 e. The molecule has 61 heavy (non-hydrogen) atoms. The van der Waals surface area contributed by atoms with Gasteiger partial charge in [-0.1, -0.05) is 205 Å². The van der Waals surface area contributed by atoms with Crippen molar-refractivity contribution in [1.29, 1.82) is 0 Å². The maximum Gasteiger partial charge on any atom is 0.0171 e. The summed E-state index contributed by atoms with van der Waals surface area (Å²) in [6.07, 6.45) is 5.06. The summed E-state index contributed by atoms with van der Waals surface area (Å²) >= 11 is 0. The van der Waals surface area contributed by atoms with Crippen LogP contribution in [0, 0.1) is 11.3 Å². The molecule has 0 aliphatic heterocycles. The molecule has 0 heterocycles. The Kier molecular flexibility index (Phi) is 8.63. The van der Waals surface area contributed by atoms with Gasteiger partial charge < -0.3 is 0 Å². The molecule has 0 saturated carbocycles. The summed E-state index contributed by atoms with van der Waals surface area (Å²) in [5.41, 5.74) is 18.0. The van der Waals surface area contributed by atoms with Gasteiger partial charge in [-0.15, -0.1) is 0 Å². The lowest BCUT2D eigenvalue weighted by Crippen LogP contribution is -2.27. The zero-order valence-electron chi connectivity index (χ0n) is 38.8. The van der Waals surface area contributed by atoms with Gasteiger partial charge in [-0.25, -0.2) is 0 Å². The summed E-state index contributed by atoms with van der Waals surface area (Å²) in [4.78, 5) is 0. The molecular weight excluding hydrogens is 733 g/mol. The van der Waals surface area contributed by atoms with Gasteiger partial charge in [0, 0.05) is 5.92 Å².